The molecule has 1 aromatic rings. The summed E-state index contributed by atoms with van der Waals surface area (Å²) in [6.07, 6.45) is 0.929. The normalized spacial score (nSPS) is 12.2. The van der Waals surface area contributed by atoms with Crippen molar-refractivity contribution in [2.75, 3.05) is 17.6 Å². The Kier molecular flexibility index (Phi) is 6.40. The zero-order valence-electron chi connectivity index (χ0n) is 9.78. The van der Waals surface area contributed by atoms with Crippen LogP contribution >= 0.6 is 23.4 Å². The number of anilines is 1. The van der Waals surface area contributed by atoms with E-state index in [0.717, 1.165) is 12.1 Å². The van der Waals surface area contributed by atoms with Gasteiger partial charge in [-0.15, -0.1) is 11.8 Å². The number of amides is 1. The first-order valence-corrected chi connectivity index (χ1v) is 6.91. The molecule has 3 nitrogen and oxygen atoms in total. The lowest BCUT2D eigenvalue weighted by atomic mass is 10.3. The highest BCUT2D eigenvalue weighted by Crippen LogP contribution is 2.16. The van der Waals surface area contributed by atoms with Gasteiger partial charge in [0.2, 0.25) is 5.91 Å². The number of carbonyl (C=O) groups excluding carboxylic acids is 1. The van der Waals surface area contributed by atoms with Gasteiger partial charge < -0.3 is 11.1 Å². The van der Waals surface area contributed by atoms with Crippen LogP contribution in [0.25, 0.3) is 0 Å². The molecule has 0 aliphatic carbocycles. The predicted octanol–water partition coefficient (Wildman–Crippen LogP) is 2.75. The predicted molar refractivity (Wildman–Crippen MR) is 75.7 cm³/mol. The second-order valence-electron chi connectivity index (χ2n) is 3.75. The molecular formula is C12H17ClN2OS. The summed E-state index contributed by atoms with van der Waals surface area (Å²) in [6.45, 7) is 2.74. The van der Waals surface area contributed by atoms with E-state index < -0.39 is 0 Å². The average molecular weight is 273 g/mol. The molecule has 1 amide bonds. The number of nitrogens with two attached hydrogens (primary N) is 1. The van der Waals surface area contributed by atoms with Crippen LogP contribution in [0, 0.1) is 0 Å². The first-order chi connectivity index (χ1) is 8.11. The average Bonchev–Trinajstić information content (AvgIpc) is 2.30. The first kappa shape index (κ1) is 14.4. The van der Waals surface area contributed by atoms with Crippen LogP contribution in [-0.2, 0) is 4.79 Å². The Morgan fingerprint density at radius 2 is 2.12 bits per heavy atom. The van der Waals surface area contributed by atoms with Gasteiger partial charge in [-0.25, -0.2) is 0 Å². The molecule has 0 bridgehead atoms. The zero-order chi connectivity index (χ0) is 12.7. The lowest BCUT2D eigenvalue weighted by Gasteiger charge is -2.09. The molecule has 1 aromatic carbocycles. The van der Waals surface area contributed by atoms with Crippen LogP contribution < -0.4 is 11.1 Å². The lowest BCUT2D eigenvalue weighted by Crippen LogP contribution is -2.16. The molecule has 0 saturated heterocycles. The van der Waals surface area contributed by atoms with Crippen LogP contribution in [0.1, 0.15) is 13.3 Å². The fraction of sp³-hybridized carbons (Fsp3) is 0.417. The Labute approximate surface area is 111 Å². The van der Waals surface area contributed by atoms with Crippen LogP contribution in [0.3, 0.4) is 0 Å². The number of nitrogens with one attached hydrogen (secondary N) is 1. The number of thioether (sulfide) groups is 1. The Balaban J connectivity index is 2.32. The monoisotopic (exact) mass is 272 g/mol. The van der Waals surface area contributed by atoms with Crippen LogP contribution in [0.2, 0.25) is 5.02 Å². The van der Waals surface area contributed by atoms with Crippen molar-refractivity contribution in [3.63, 3.8) is 0 Å². The number of hydrogen-bond donors (Lipinski definition) is 2. The van der Waals surface area contributed by atoms with E-state index in [4.69, 9.17) is 17.3 Å². The van der Waals surface area contributed by atoms with E-state index in [1.165, 1.54) is 0 Å². The van der Waals surface area contributed by atoms with Crippen LogP contribution in [-0.4, -0.2) is 23.5 Å². The summed E-state index contributed by atoms with van der Waals surface area (Å²) in [4.78, 5) is 11.6. The fourth-order valence-electron chi connectivity index (χ4n) is 1.27. The number of hydrogen-bond acceptors (Lipinski definition) is 3. The molecular weight excluding hydrogens is 256 g/mol. The number of halogens is 1. The summed E-state index contributed by atoms with van der Waals surface area (Å²) in [7, 11) is 0. The molecule has 1 unspecified atom stereocenters. The van der Waals surface area contributed by atoms with E-state index in [1.54, 1.807) is 36.0 Å². The van der Waals surface area contributed by atoms with Gasteiger partial charge in [0, 0.05) is 16.0 Å². The minimum absolute atomic E-state index is 0.00111. The van der Waals surface area contributed by atoms with E-state index in [1.807, 2.05) is 0 Å². The Hall–Kier alpha value is -0.710. The molecule has 0 aromatic heterocycles. The SMILES string of the molecule is CC(CCN)SCC(=O)Nc1ccc(Cl)cc1. The topological polar surface area (TPSA) is 55.1 Å². The van der Waals surface area contributed by atoms with E-state index >= 15 is 0 Å². The highest BCUT2D eigenvalue weighted by Gasteiger charge is 2.06. The van der Waals surface area contributed by atoms with Crippen molar-refractivity contribution in [1.29, 1.82) is 0 Å². The van der Waals surface area contributed by atoms with Crippen molar-refractivity contribution in [3.8, 4) is 0 Å². The number of benzene rings is 1. The number of carbonyl (C=O) groups is 1. The van der Waals surface area contributed by atoms with Crippen molar-refractivity contribution in [1.82, 2.24) is 0 Å². The minimum atomic E-state index is 0.00111. The van der Waals surface area contributed by atoms with Gasteiger partial charge in [-0.1, -0.05) is 18.5 Å². The summed E-state index contributed by atoms with van der Waals surface area (Å²) >= 11 is 7.37. The van der Waals surface area contributed by atoms with Crippen LogP contribution in [0.4, 0.5) is 5.69 Å². The van der Waals surface area contributed by atoms with Crippen molar-refractivity contribution < 1.29 is 4.79 Å². The quantitative estimate of drug-likeness (QED) is 0.837. The molecule has 1 rings (SSSR count). The maximum atomic E-state index is 11.6. The van der Waals surface area contributed by atoms with Gasteiger partial charge in [0.15, 0.2) is 0 Å². The van der Waals surface area contributed by atoms with Gasteiger partial charge in [0.05, 0.1) is 5.75 Å². The van der Waals surface area contributed by atoms with Gasteiger partial charge in [0.25, 0.3) is 0 Å². The molecule has 5 heteroatoms. The molecule has 0 aliphatic heterocycles. The summed E-state index contributed by atoms with van der Waals surface area (Å²) in [5, 5.41) is 3.89. The van der Waals surface area contributed by atoms with Crippen LogP contribution in [0.15, 0.2) is 24.3 Å². The molecule has 0 fully saturated rings. The van der Waals surface area contributed by atoms with Crippen LogP contribution in [0.5, 0.6) is 0 Å². The van der Waals surface area contributed by atoms with Gasteiger partial charge in [-0.2, -0.15) is 0 Å². The molecule has 0 radical (unpaired) electrons. The second kappa shape index (κ2) is 7.58. The third-order valence-corrected chi connectivity index (χ3v) is 3.69. The third kappa shape index (κ3) is 5.96. The molecule has 1 atom stereocenters. The molecule has 3 N–H and O–H groups in total. The maximum absolute atomic E-state index is 11.6. The minimum Gasteiger partial charge on any atom is -0.330 e. The van der Waals surface area contributed by atoms with E-state index in [2.05, 4.69) is 12.2 Å². The van der Waals surface area contributed by atoms with Crippen molar-refractivity contribution >= 4 is 35.0 Å². The van der Waals surface area contributed by atoms with Gasteiger partial charge in [0.1, 0.15) is 0 Å². The molecule has 0 spiro atoms. The Morgan fingerprint density at radius 1 is 1.47 bits per heavy atom. The van der Waals surface area contributed by atoms with Crippen molar-refractivity contribution in [2.45, 2.75) is 18.6 Å². The largest absolute Gasteiger partial charge is 0.330 e. The van der Waals surface area contributed by atoms with E-state index in [-0.39, 0.29) is 5.91 Å². The van der Waals surface area contributed by atoms with E-state index in [9.17, 15) is 4.79 Å². The molecule has 17 heavy (non-hydrogen) atoms. The third-order valence-electron chi connectivity index (χ3n) is 2.20. The highest BCUT2D eigenvalue weighted by molar-refractivity contribution is 8.00. The second-order valence-corrected chi connectivity index (χ2v) is 5.62. The van der Waals surface area contributed by atoms with Gasteiger partial charge in [-0.05, 0) is 37.2 Å². The summed E-state index contributed by atoms with van der Waals surface area (Å²) in [5.41, 5.74) is 6.22. The standard InChI is InChI=1S/C12H17ClN2OS/c1-9(6-7-14)17-8-12(16)15-11-4-2-10(13)3-5-11/h2-5,9H,6-8,14H2,1H3,(H,15,16). The smallest absolute Gasteiger partial charge is 0.234 e. The summed E-state index contributed by atoms with van der Waals surface area (Å²) in [5.74, 6) is 0.449. The summed E-state index contributed by atoms with van der Waals surface area (Å²) < 4.78 is 0. The molecule has 94 valence electrons. The number of rotatable bonds is 6. The highest BCUT2D eigenvalue weighted by atomic mass is 35.5. The van der Waals surface area contributed by atoms with Crippen molar-refractivity contribution in [3.05, 3.63) is 29.3 Å². The molecule has 0 aliphatic rings. The molecule has 0 saturated carbocycles. The Bertz CT molecular complexity index is 356. The zero-order valence-corrected chi connectivity index (χ0v) is 11.4. The fourth-order valence-corrected chi connectivity index (χ4v) is 2.20. The maximum Gasteiger partial charge on any atom is 0.234 e. The first-order valence-electron chi connectivity index (χ1n) is 5.49. The summed E-state index contributed by atoms with van der Waals surface area (Å²) in [6, 6.07) is 7.07. The Morgan fingerprint density at radius 3 is 2.71 bits per heavy atom. The lowest BCUT2D eigenvalue weighted by molar-refractivity contribution is -0.113. The molecule has 0 heterocycles. The van der Waals surface area contributed by atoms with Gasteiger partial charge in [-0.3, -0.25) is 4.79 Å². The van der Waals surface area contributed by atoms with E-state index in [0.29, 0.717) is 22.6 Å². The van der Waals surface area contributed by atoms with Crippen molar-refractivity contribution in [2.24, 2.45) is 5.73 Å². The van der Waals surface area contributed by atoms with Gasteiger partial charge >= 0.3 is 0 Å².